The molecule has 0 radical (unpaired) electrons. The third-order valence-corrected chi connectivity index (χ3v) is 7.48. The molecule has 1 aromatic rings. The van der Waals surface area contributed by atoms with Gasteiger partial charge in [-0.3, -0.25) is 0 Å². The molecule has 0 spiro atoms. The number of sulfonamides is 2. The highest BCUT2D eigenvalue weighted by Gasteiger charge is 2.15. The number of nitrogens with one attached hydrogen (secondary N) is 2. The average Bonchev–Trinajstić information content (AvgIpc) is 2.56. The van der Waals surface area contributed by atoms with Crippen LogP contribution >= 0.6 is 0 Å². The lowest BCUT2D eigenvalue weighted by molar-refractivity contribution is 0.322. The summed E-state index contributed by atoms with van der Waals surface area (Å²) in [5, 5.41) is -0.893. The van der Waals surface area contributed by atoms with Crippen molar-refractivity contribution in [3.63, 3.8) is 0 Å². The van der Waals surface area contributed by atoms with Gasteiger partial charge in [-0.05, 0) is 58.2 Å². The minimum Gasteiger partial charge on any atom is -0.492 e. The highest BCUT2D eigenvalue weighted by atomic mass is 32.2. The molecule has 7 nitrogen and oxygen atoms in total. The standard InChI is InChI=1S/C17H30N2O5S2/c1-14(2)25(20,21)18-11-5-6-16-7-9-17(10-8-16)24-13-12-19-26(22,23)15(3)4/h7-10,14-15,18-19H,5-6,11-13H2,1-4H3. The normalized spacial score (nSPS) is 12.7. The van der Waals surface area contributed by atoms with E-state index in [1.54, 1.807) is 27.7 Å². The van der Waals surface area contributed by atoms with Crippen molar-refractivity contribution >= 4 is 20.0 Å². The van der Waals surface area contributed by atoms with Gasteiger partial charge in [0.05, 0.1) is 10.5 Å². The van der Waals surface area contributed by atoms with E-state index in [0.29, 0.717) is 18.7 Å². The Labute approximate surface area is 157 Å². The fraction of sp³-hybridized carbons (Fsp3) is 0.647. The molecule has 0 aliphatic heterocycles. The topological polar surface area (TPSA) is 102 Å². The zero-order valence-corrected chi connectivity index (χ0v) is 17.5. The van der Waals surface area contributed by atoms with Crippen LogP contribution in [0.2, 0.25) is 0 Å². The van der Waals surface area contributed by atoms with Gasteiger partial charge in [0.15, 0.2) is 0 Å². The van der Waals surface area contributed by atoms with Gasteiger partial charge in [0.2, 0.25) is 20.0 Å². The van der Waals surface area contributed by atoms with E-state index in [1.165, 1.54) is 0 Å². The van der Waals surface area contributed by atoms with Crippen molar-refractivity contribution < 1.29 is 21.6 Å². The summed E-state index contributed by atoms with van der Waals surface area (Å²) in [6, 6.07) is 7.49. The van der Waals surface area contributed by atoms with E-state index in [4.69, 9.17) is 4.74 Å². The maximum atomic E-state index is 11.6. The van der Waals surface area contributed by atoms with Gasteiger partial charge in [0.25, 0.3) is 0 Å². The molecule has 9 heteroatoms. The van der Waals surface area contributed by atoms with E-state index in [9.17, 15) is 16.8 Å². The van der Waals surface area contributed by atoms with E-state index < -0.39 is 30.5 Å². The van der Waals surface area contributed by atoms with E-state index in [0.717, 1.165) is 12.0 Å². The summed E-state index contributed by atoms with van der Waals surface area (Å²) in [5.41, 5.74) is 1.08. The van der Waals surface area contributed by atoms with E-state index in [1.807, 2.05) is 24.3 Å². The molecule has 0 saturated carbocycles. The number of hydrogen-bond donors (Lipinski definition) is 2. The molecule has 0 bridgehead atoms. The molecule has 0 fully saturated rings. The Hall–Kier alpha value is -1.16. The molecule has 0 aromatic heterocycles. The van der Waals surface area contributed by atoms with Gasteiger partial charge in [-0.15, -0.1) is 0 Å². The number of benzene rings is 1. The van der Waals surface area contributed by atoms with Gasteiger partial charge in [0.1, 0.15) is 12.4 Å². The molecule has 150 valence electrons. The average molecular weight is 407 g/mol. The van der Waals surface area contributed by atoms with Crippen LogP contribution < -0.4 is 14.2 Å². The van der Waals surface area contributed by atoms with Crippen LogP contribution in [0.3, 0.4) is 0 Å². The van der Waals surface area contributed by atoms with Crippen molar-refractivity contribution in [1.29, 1.82) is 0 Å². The minimum absolute atomic E-state index is 0.220. The van der Waals surface area contributed by atoms with Crippen molar-refractivity contribution in [2.24, 2.45) is 0 Å². The molecule has 0 saturated heterocycles. The fourth-order valence-corrected chi connectivity index (χ4v) is 3.41. The summed E-state index contributed by atoms with van der Waals surface area (Å²) in [5.74, 6) is 0.665. The van der Waals surface area contributed by atoms with Gasteiger partial charge in [-0.2, -0.15) is 0 Å². The zero-order chi connectivity index (χ0) is 19.8. The first kappa shape index (κ1) is 22.9. The van der Waals surface area contributed by atoms with Crippen molar-refractivity contribution in [2.75, 3.05) is 19.7 Å². The van der Waals surface area contributed by atoms with Gasteiger partial charge < -0.3 is 4.74 Å². The zero-order valence-electron chi connectivity index (χ0n) is 15.9. The predicted molar refractivity (Wildman–Crippen MR) is 104 cm³/mol. The molecule has 0 heterocycles. The first-order valence-electron chi connectivity index (χ1n) is 8.73. The van der Waals surface area contributed by atoms with Crippen LogP contribution in [0.15, 0.2) is 24.3 Å². The Morgan fingerprint density at radius 2 is 1.35 bits per heavy atom. The molecular weight excluding hydrogens is 376 g/mol. The second kappa shape index (κ2) is 10.2. The summed E-state index contributed by atoms with van der Waals surface area (Å²) >= 11 is 0. The number of ether oxygens (including phenoxy) is 1. The van der Waals surface area contributed by atoms with Crippen LogP contribution in [-0.2, 0) is 26.5 Å². The Morgan fingerprint density at radius 3 is 1.85 bits per heavy atom. The maximum Gasteiger partial charge on any atom is 0.214 e. The smallest absolute Gasteiger partial charge is 0.214 e. The Morgan fingerprint density at radius 1 is 0.846 bits per heavy atom. The second-order valence-corrected chi connectivity index (χ2v) is 11.2. The Bertz CT molecular complexity index is 677. The van der Waals surface area contributed by atoms with Crippen molar-refractivity contribution in [1.82, 2.24) is 9.44 Å². The van der Waals surface area contributed by atoms with Gasteiger partial charge in [-0.25, -0.2) is 26.3 Å². The summed E-state index contributed by atoms with van der Waals surface area (Å²) < 4.78 is 57.1. The van der Waals surface area contributed by atoms with E-state index in [2.05, 4.69) is 9.44 Å². The summed E-state index contributed by atoms with van der Waals surface area (Å²) in [4.78, 5) is 0. The molecule has 2 N–H and O–H groups in total. The number of rotatable bonds is 12. The summed E-state index contributed by atoms with van der Waals surface area (Å²) in [6.45, 7) is 7.42. The summed E-state index contributed by atoms with van der Waals surface area (Å²) in [7, 11) is -6.47. The van der Waals surface area contributed by atoms with Crippen LogP contribution in [-0.4, -0.2) is 47.0 Å². The molecule has 26 heavy (non-hydrogen) atoms. The third kappa shape index (κ3) is 8.03. The number of aryl methyl sites for hydroxylation is 1. The van der Waals surface area contributed by atoms with Crippen LogP contribution in [0.25, 0.3) is 0 Å². The van der Waals surface area contributed by atoms with Crippen LogP contribution in [0.4, 0.5) is 0 Å². The molecule has 0 atom stereocenters. The van der Waals surface area contributed by atoms with Crippen LogP contribution in [0, 0.1) is 0 Å². The lowest BCUT2D eigenvalue weighted by atomic mass is 10.1. The first-order chi connectivity index (χ1) is 12.0. The van der Waals surface area contributed by atoms with Crippen molar-refractivity contribution in [3.8, 4) is 5.75 Å². The first-order valence-corrected chi connectivity index (χ1v) is 11.8. The molecule has 0 unspecified atom stereocenters. The van der Waals surface area contributed by atoms with Crippen LogP contribution in [0.5, 0.6) is 5.75 Å². The largest absolute Gasteiger partial charge is 0.492 e. The predicted octanol–water partition coefficient (Wildman–Crippen LogP) is 1.65. The number of hydrogen-bond acceptors (Lipinski definition) is 5. The Balaban J connectivity index is 2.31. The monoisotopic (exact) mass is 406 g/mol. The lowest BCUT2D eigenvalue weighted by Gasteiger charge is -2.11. The van der Waals surface area contributed by atoms with Gasteiger partial charge >= 0.3 is 0 Å². The Kier molecular flexibility index (Phi) is 9.02. The highest BCUT2D eigenvalue weighted by molar-refractivity contribution is 7.90. The highest BCUT2D eigenvalue weighted by Crippen LogP contribution is 2.13. The van der Waals surface area contributed by atoms with Gasteiger partial charge in [-0.1, -0.05) is 12.1 Å². The third-order valence-electron chi connectivity index (χ3n) is 3.78. The molecule has 1 aromatic carbocycles. The molecule has 1 rings (SSSR count). The minimum atomic E-state index is -3.27. The molecule has 0 aliphatic carbocycles. The van der Waals surface area contributed by atoms with Crippen molar-refractivity contribution in [3.05, 3.63) is 29.8 Å². The second-order valence-electron chi connectivity index (χ2n) is 6.57. The lowest BCUT2D eigenvalue weighted by Crippen LogP contribution is -2.33. The van der Waals surface area contributed by atoms with Gasteiger partial charge in [0, 0.05) is 13.1 Å². The van der Waals surface area contributed by atoms with Crippen molar-refractivity contribution in [2.45, 2.75) is 51.0 Å². The van der Waals surface area contributed by atoms with E-state index >= 15 is 0 Å². The molecule has 0 aliphatic rings. The summed E-state index contributed by atoms with van der Waals surface area (Å²) in [6.07, 6.45) is 1.47. The van der Waals surface area contributed by atoms with E-state index in [-0.39, 0.29) is 13.2 Å². The molecular formula is C17H30N2O5S2. The quantitative estimate of drug-likeness (QED) is 0.514. The molecule has 0 amide bonds. The maximum absolute atomic E-state index is 11.6. The van der Waals surface area contributed by atoms with Crippen LogP contribution in [0.1, 0.15) is 39.7 Å². The fourth-order valence-electron chi connectivity index (χ4n) is 1.95. The SMILES string of the molecule is CC(C)S(=O)(=O)NCCCc1ccc(OCCNS(=O)(=O)C(C)C)cc1.